The molecule has 1 heterocycles. The number of ether oxygens (including phenoxy) is 4. The second-order valence-corrected chi connectivity index (χ2v) is 8.22. The SMILES string of the molecule is COc1ccnc(C(=O)N[C@@H](C)C(=O)O[C@H](CC(C)C)[C@H](C)Oc2ccccc2)c1OC(C)=O. The molecule has 9 heteroatoms. The van der Waals surface area contributed by atoms with Crippen LogP contribution in [0, 0.1) is 5.92 Å². The van der Waals surface area contributed by atoms with Crippen LogP contribution in [-0.4, -0.2) is 48.2 Å². The van der Waals surface area contributed by atoms with Gasteiger partial charge >= 0.3 is 11.9 Å². The monoisotopic (exact) mass is 472 g/mol. The van der Waals surface area contributed by atoms with E-state index in [0.29, 0.717) is 12.2 Å². The molecule has 1 aromatic carbocycles. The Morgan fingerprint density at radius 2 is 1.71 bits per heavy atom. The molecule has 0 unspecified atom stereocenters. The standard InChI is InChI=1S/C25H32N2O7/c1-15(2)14-21(17(4)32-19-10-8-7-9-11-19)34-25(30)16(3)27-24(29)22-23(33-18(5)28)20(31-6)12-13-26-22/h7-13,15-17,21H,14H2,1-6H3,(H,27,29)/t16-,17-,21+/m0/s1. The molecule has 1 aromatic heterocycles. The van der Waals surface area contributed by atoms with E-state index in [-0.39, 0.29) is 23.1 Å². The van der Waals surface area contributed by atoms with E-state index in [0.717, 1.165) is 0 Å². The predicted octanol–water partition coefficient (Wildman–Crippen LogP) is 3.56. The zero-order chi connectivity index (χ0) is 25.3. The number of nitrogens with zero attached hydrogens (tertiary/aromatic N) is 1. The quantitative estimate of drug-likeness (QED) is 0.494. The van der Waals surface area contributed by atoms with Crippen LogP contribution >= 0.6 is 0 Å². The number of aromatic nitrogens is 1. The second-order valence-electron chi connectivity index (χ2n) is 8.22. The second kappa shape index (κ2) is 12.6. The number of benzene rings is 1. The van der Waals surface area contributed by atoms with Crippen LogP contribution in [-0.2, 0) is 14.3 Å². The van der Waals surface area contributed by atoms with Gasteiger partial charge in [-0.3, -0.25) is 9.59 Å². The maximum Gasteiger partial charge on any atom is 0.328 e. The van der Waals surface area contributed by atoms with Crippen molar-refractivity contribution in [2.24, 2.45) is 5.92 Å². The van der Waals surface area contributed by atoms with E-state index >= 15 is 0 Å². The third-order valence-electron chi connectivity index (χ3n) is 4.81. The van der Waals surface area contributed by atoms with Crippen molar-refractivity contribution in [3.8, 4) is 17.2 Å². The number of hydrogen-bond donors (Lipinski definition) is 1. The van der Waals surface area contributed by atoms with Crippen molar-refractivity contribution in [1.82, 2.24) is 10.3 Å². The Morgan fingerprint density at radius 1 is 1.03 bits per heavy atom. The summed E-state index contributed by atoms with van der Waals surface area (Å²) >= 11 is 0. The number of nitrogens with one attached hydrogen (secondary N) is 1. The van der Waals surface area contributed by atoms with Gasteiger partial charge in [-0.15, -0.1) is 0 Å². The number of carbonyl (C=O) groups excluding carboxylic acids is 3. The fourth-order valence-corrected chi connectivity index (χ4v) is 3.16. The van der Waals surface area contributed by atoms with Gasteiger partial charge in [0.15, 0.2) is 11.4 Å². The molecule has 0 saturated heterocycles. The fourth-order valence-electron chi connectivity index (χ4n) is 3.16. The van der Waals surface area contributed by atoms with E-state index in [1.807, 2.05) is 51.1 Å². The summed E-state index contributed by atoms with van der Waals surface area (Å²) in [6.07, 6.45) is 0.977. The first-order valence-corrected chi connectivity index (χ1v) is 11.1. The third kappa shape index (κ3) is 7.75. The topological polar surface area (TPSA) is 113 Å². The fraction of sp³-hybridized carbons (Fsp3) is 0.440. The predicted molar refractivity (Wildman–Crippen MR) is 125 cm³/mol. The minimum atomic E-state index is -0.996. The Bertz CT molecular complexity index is 978. The van der Waals surface area contributed by atoms with Crippen molar-refractivity contribution >= 4 is 17.8 Å². The van der Waals surface area contributed by atoms with Gasteiger partial charge in [-0.1, -0.05) is 32.0 Å². The molecule has 0 aliphatic heterocycles. The molecule has 0 aliphatic carbocycles. The molecule has 1 amide bonds. The molecule has 184 valence electrons. The van der Waals surface area contributed by atoms with Gasteiger partial charge in [0.05, 0.1) is 7.11 Å². The lowest BCUT2D eigenvalue weighted by Gasteiger charge is -2.27. The Balaban J connectivity index is 2.11. The third-order valence-corrected chi connectivity index (χ3v) is 4.81. The van der Waals surface area contributed by atoms with Crippen LogP contribution in [0.3, 0.4) is 0 Å². The molecule has 3 atom stereocenters. The smallest absolute Gasteiger partial charge is 0.328 e. The number of carbonyl (C=O) groups is 3. The minimum Gasteiger partial charge on any atom is -0.493 e. The first kappa shape index (κ1) is 26.6. The molecule has 2 aromatic rings. The number of hydrogen-bond acceptors (Lipinski definition) is 8. The maximum absolute atomic E-state index is 12.8. The van der Waals surface area contributed by atoms with Gasteiger partial charge in [0.25, 0.3) is 5.91 Å². The van der Waals surface area contributed by atoms with Gasteiger partial charge in [0.2, 0.25) is 5.75 Å². The van der Waals surface area contributed by atoms with Crippen molar-refractivity contribution in [3.63, 3.8) is 0 Å². The van der Waals surface area contributed by atoms with E-state index in [1.54, 1.807) is 0 Å². The van der Waals surface area contributed by atoms with Gasteiger partial charge in [0.1, 0.15) is 24.0 Å². The van der Waals surface area contributed by atoms with Crippen molar-refractivity contribution in [2.45, 2.75) is 59.3 Å². The highest BCUT2D eigenvalue weighted by Crippen LogP contribution is 2.29. The largest absolute Gasteiger partial charge is 0.493 e. The summed E-state index contributed by atoms with van der Waals surface area (Å²) < 4.78 is 21.9. The number of rotatable bonds is 11. The number of esters is 2. The highest BCUT2D eigenvalue weighted by molar-refractivity contribution is 5.98. The molecule has 0 saturated carbocycles. The zero-order valence-corrected chi connectivity index (χ0v) is 20.4. The number of amides is 1. The normalized spacial score (nSPS) is 13.4. The molecule has 0 aliphatic rings. The van der Waals surface area contributed by atoms with Crippen LogP contribution in [0.2, 0.25) is 0 Å². The zero-order valence-electron chi connectivity index (χ0n) is 20.4. The average Bonchev–Trinajstić information content (AvgIpc) is 2.78. The van der Waals surface area contributed by atoms with Crippen LogP contribution < -0.4 is 19.5 Å². The van der Waals surface area contributed by atoms with Gasteiger partial charge < -0.3 is 24.3 Å². The van der Waals surface area contributed by atoms with Crippen molar-refractivity contribution in [1.29, 1.82) is 0 Å². The minimum absolute atomic E-state index is 0.127. The molecule has 0 spiro atoms. The van der Waals surface area contributed by atoms with Gasteiger partial charge in [-0.25, -0.2) is 9.78 Å². The Labute approximate surface area is 199 Å². The summed E-state index contributed by atoms with van der Waals surface area (Å²) in [5.74, 6) is -1.03. The van der Waals surface area contributed by atoms with Crippen LogP contribution in [0.1, 0.15) is 51.5 Å². The molecule has 9 nitrogen and oxygen atoms in total. The van der Waals surface area contributed by atoms with Crippen molar-refractivity contribution < 1.29 is 33.3 Å². The Kier molecular flexibility index (Phi) is 9.85. The first-order chi connectivity index (χ1) is 16.1. The van der Waals surface area contributed by atoms with Gasteiger partial charge in [0, 0.05) is 19.2 Å². The maximum atomic E-state index is 12.8. The average molecular weight is 473 g/mol. The van der Waals surface area contributed by atoms with Crippen LogP contribution in [0.25, 0.3) is 0 Å². The van der Waals surface area contributed by atoms with Gasteiger partial charge in [-0.2, -0.15) is 0 Å². The molecule has 0 bridgehead atoms. The van der Waals surface area contributed by atoms with Crippen LogP contribution in [0.4, 0.5) is 0 Å². The molecule has 2 rings (SSSR count). The van der Waals surface area contributed by atoms with E-state index in [1.165, 1.54) is 33.2 Å². The van der Waals surface area contributed by atoms with Crippen LogP contribution in [0.15, 0.2) is 42.6 Å². The summed E-state index contributed by atoms with van der Waals surface area (Å²) in [6, 6.07) is 9.73. The number of para-hydroxylation sites is 1. The summed E-state index contributed by atoms with van der Waals surface area (Å²) in [5, 5.41) is 2.54. The van der Waals surface area contributed by atoms with Gasteiger partial charge in [-0.05, 0) is 38.3 Å². The van der Waals surface area contributed by atoms with Crippen LogP contribution in [0.5, 0.6) is 17.2 Å². The molecular formula is C25H32N2O7. The number of methoxy groups -OCH3 is 1. The lowest BCUT2D eigenvalue weighted by Crippen LogP contribution is -2.44. The lowest BCUT2D eigenvalue weighted by molar-refractivity contribution is -0.156. The first-order valence-electron chi connectivity index (χ1n) is 11.1. The van der Waals surface area contributed by atoms with Crippen molar-refractivity contribution in [2.75, 3.05) is 7.11 Å². The Hall–Kier alpha value is -3.62. The summed E-state index contributed by atoms with van der Waals surface area (Å²) in [6.45, 7) is 8.57. The molecular weight excluding hydrogens is 440 g/mol. The molecule has 0 fully saturated rings. The van der Waals surface area contributed by atoms with Crippen molar-refractivity contribution in [3.05, 3.63) is 48.3 Å². The molecule has 34 heavy (non-hydrogen) atoms. The summed E-state index contributed by atoms with van der Waals surface area (Å²) in [4.78, 5) is 41.1. The van der Waals surface area contributed by atoms with E-state index in [9.17, 15) is 14.4 Å². The van der Waals surface area contributed by atoms with E-state index in [4.69, 9.17) is 18.9 Å². The summed E-state index contributed by atoms with van der Waals surface area (Å²) in [5.41, 5.74) is -0.186. The highest BCUT2D eigenvalue weighted by atomic mass is 16.6. The van der Waals surface area contributed by atoms with E-state index in [2.05, 4.69) is 10.3 Å². The Morgan fingerprint density at radius 3 is 2.29 bits per heavy atom. The molecule has 0 radical (unpaired) electrons. The summed E-state index contributed by atoms with van der Waals surface area (Å²) in [7, 11) is 1.37. The lowest BCUT2D eigenvalue weighted by atomic mass is 10.0. The highest BCUT2D eigenvalue weighted by Gasteiger charge is 2.29. The number of pyridine rings is 1. The molecule has 1 N–H and O–H groups in total. The van der Waals surface area contributed by atoms with E-state index < -0.39 is 36.1 Å².